The van der Waals surface area contributed by atoms with Crippen LogP contribution >= 0.6 is 0 Å². The molecule has 0 bridgehead atoms. The molecular weight excluding hydrogens is 310 g/mol. The van der Waals surface area contributed by atoms with E-state index < -0.39 is 29.6 Å². The van der Waals surface area contributed by atoms with Gasteiger partial charge in [-0.15, -0.1) is 0 Å². The van der Waals surface area contributed by atoms with Crippen LogP contribution in [0.5, 0.6) is 0 Å². The lowest BCUT2D eigenvalue weighted by Gasteiger charge is -2.21. The summed E-state index contributed by atoms with van der Waals surface area (Å²) in [5, 5.41) is 10.9. The molecule has 0 saturated carbocycles. The minimum atomic E-state index is -2.04. The Balaban J connectivity index is 1.98. The lowest BCUT2D eigenvalue weighted by Crippen LogP contribution is -2.44. The number of nitrogens with two attached hydrogens (primary N) is 1. The smallest absolute Gasteiger partial charge is 0.264 e. The molecular formula is C17H15N3O4. The van der Waals surface area contributed by atoms with Gasteiger partial charge in [0.25, 0.3) is 5.91 Å². The van der Waals surface area contributed by atoms with Crippen LogP contribution < -0.4 is 10.6 Å². The van der Waals surface area contributed by atoms with Gasteiger partial charge in [0, 0.05) is 11.8 Å². The molecule has 0 unspecified atom stereocenters. The highest BCUT2D eigenvalue weighted by Crippen LogP contribution is 2.42. The second kappa shape index (κ2) is 5.86. The number of primary amides is 1. The third-order valence-corrected chi connectivity index (χ3v) is 3.92. The van der Waals surface area contributed by atoms with Crippen LogP contribution in [-0.4, -0.2) is 34.2 Å². The van der Waals surface area contributed by atoms with E-state index in [0.29, 0.717) is 5.69 Å². The number of anilines is 1. The molecule has 1 aromatic heterocycles. The lowest BCUT2D eigenvalue weighted by molar-refractivity contribution is -0.136. The Kier molecular flexibility index (Phi) is 3.86. The number of carbonyl (C=O) groups is 3. The number of nitrogens with zero attached hydrogens (tertiary/aromatic N) is 2. The van der Waals surface area contributed by atoms with Crippen LogP contribution in [0, 0.1) is 0 Å². The van der Waals surface area contributed by atoms with Gasteiger partial charge >= 0.3 is 0 Å². The molecule has 7 nitrogen and oxygen atoms in total. The average Bonchev–Trinajstić information content (AvgIpc) is 2.78. The normalized spacial score (nSPS) is 19.2. The third kappa shape index (κ3) is 2.55. The van der Waals surface area contributed by atoms with E-state index in [1.54, 1.807) is 36.4 Å². The Morgan fingerprint density at radius 1 is 1.17 bits per heavy atom. The zero-order valence-electron chi connectivity index (χ0n) is 12.7. The number of ketones is 1. The van der Waals surface area contributed by atoms with Gasteiger partial charge in [-0.2, -0.15) is 0 Å². The monoisotopic (exact) mass is 325 g/mol. The molecule has 122 valence electrons. The third-order valence-electron chi connectivity index (χ3n) is 3.92. The molecule has 2 amide bonds. The summed E-state index contributed by atoms with van der Waals surface area (Å²) in [5.41, 5.74) is 3.95. The standard InChI is InChI=1S/C17H15N3O4/c18-15(22)10-20-13-7-2-1-5-11(13)17(24,16(20)23)9-14(21)12-6-3-4-8-19-12/h1-8,24H,9-10H2,(H2,18,22)/t17-/m1/s1. The number of benzene rings is 1. The Bertz CT molecular complexity index is 822. The number of amides is 2. The SMILES string of the molecule is NC(=O)CN1C(=O)[C@@](O)(CC(=O)c2ccccn2)c2ccccc21. The van der Waals surface area contributed by atoms with Gasteiger partial charge in [-0.3, -0.25) is 24.3 Å². The van der Waals surface area contributed by atoms with Crippen LogP contribution in [0.15, 0.2) is 48.7 Å². The van der Waals surface area contributed by atoms with E-state index in [-0.39, 0.29) is 17.8 Å². The quantitative estimate of drug-likeness (QED) is 0.771. The maximum atomic E-state index is 12.7. The molecule has 24 heavy (non-hydrogen) atoms. The minimum Gasteiger partial charge on any atom is -0.375 e. The highest BCUT2D eigenvalue weighted by Gasteiger charge is 2.51. The minimum absolute atomic E-state index is 0.157. The van der Waals surface area contributed by atoms with Crippen molar-refractivity contribution in [1.29, 1.82) is 0 Å². The summed E-state index contributed by atoms with van der Waals surface area (Å²) < 4.78 is 0. The van der Waals surface area contributed by atoms with Crippen molar-refractivity contribution >= 4 is 23.3 Å². The molecule has 0 aliphatic carbocycles. The Morgan fingerprint density at radius 2 is 1.88 bits per heavy atom. The molecule has 0 spiro atoms. The zero-order chi connectivity index (χ0) is 17.3. The van der Waals surface area contributed by atoms with Crippen molar-refractivity contribution in [2.75, 3.05) is 11.4 Å². The summed E-state index contributed by atoms with van der Waals surface area (Å²) in [5.74, 6) is -1.92. The summed E-state index contributed by atoms with van der Waals surface area (Å²) in [6, 6.07) is 11.3. The molecule has 1 atom stereocenters. The van der Waals surface area contributed by atoms with Crippen molar-refractivity contribution in [2.24, 2.45) is 5.73 Å². The summed E-state index contributed by atoms with van der Waals surface area (Å²) in [4.78, 5) is 41.4. The predicted molar refractivity (Wildman–Crippen MR) is 85.1 cm³/mol. The maximum Gasteiger partial charge on any atom is 0.264 e. The number of rotatable bonds is 5. The Morgan fingerprint density at radius 3 is 2.54 bits per heavy atom. The largest absolute Gasteiger partial charge is 0.375 e. The number of para-hydroxylation sites is 1. The van der Waals surface area contributed by atoms with Gasteiger partial charge in [-0.25, -0.2) is 0 Å². The fraction of sp³-hybridized carbons (Fsp3) is 0.176. The number of aliphatic hydroxyl groups is 1. The summed E-state index contributed by atoms with van der Waals surface area (Å²) >= 11 is 0. The Hall–Kier alpha value is -3.06. The molecule has 0 radical (unpaired) electrons. The van der Waals surface area contributed by atoms with Crippen molar-refractivity contribution in [3.63, 3.8) is 0 Å². The van der Waals surface area contributed by atoms with Crippen LogP contribution in [0.4, 0.5) is 5.69 Å². The van der Waals surface area contributed by atoms with E-state index in [2.05, 4.69) is 4.98 Å². The van der Waals surface area contributed by atoms with Gasteiger partial charge in [-0.1, -0.05) is 24.3 Å². The fourth-order valence-corrected chi connectivity index (χ4v) is 2.84. The molecule has 0 fully saturated rings. The van der Waals surface area contributed by atoms with E-state index in [9.17, 15) is 19.5 Å². The first-order valence-electron chi connectivity index (χ1n) is 7.30. The van der Waals surface area contributed by atoms with Crippen molar-refractivity contribution in [2.45, 2.75) is 12.0 Å². The van der Waals surface area contributed by atoms with Gasteiger partial charge < -0.3 is 10.8 Å². The van der Waals surface area contributed by atoms with Gasteiger partial charge in [0.05, 0.1) is 12.1 Å². The summed E-state index contributed by atoms with van der Waals surface area (Å²) in [6.07, 6.45) is 0.996. The molecule has 0 saturated heterocycles. The molecule has 1 aromatic carbocycles. The lowest BCUT2D eigenvalue weighted by atomic mass is 9.89. The van der Waals surface area contributed by atoms with Crippen molar-refractivity contribution in [3.05, 3.63) is 59.9 Å². The molecule has 3 N–H and O–H groups in total. The average molecular weight is 325 g/mol. The van der Waals surface area contributed by atoms with Crippen molar-refractivity contribution < 1.29 is 19.5 Å². The van der Waals surface area contributed by atoms with Gasteiger partial charge in [0.2, 0.25) is 5.91 Å². The van der Waals surface area contributed by atoms with Crippen LogP contribution in [0.25, 0.3) is 0 Å². The van der Waals surface area contributed by atoms with Crippen LogP contribution in [0.1, 0.15) is 22.5 Å². The zero-order valence-corrected chi connectivity index (χ0v) is 12.7. The van der Waals surface area contributed by atoms with Gasteiger partial charge in [-0.05, 0) is 18.2 Å². The van der Waals surface area contributed by atoms with E-state index in [4.69, 9.17) is 5.73 Å². The number of aromatic nitrogens is 1. The summed E-state index contributed by atoms with van der Waals surface area (Å²) in [6.45, 7) is -0.365. The second-order valence-corrected chi connectivity index (χ2v) is 5.55. The number of Topliss-reactive ketones (excluding diaryl/α,β-unsaturated/α-hetero) is 1. The fourth-order valence-electron chi connectivity index (χ4n) is 2.84. The highest BCUT2D eigenvalue weighted by atomic mass is 16.3. The number of carbonyl (C=O) groups excluding carboxylic acids is 3. The van der Waals surface area contributed by atoms with Gasteiger partial charge in [0.1, 0.15) is 12.2 Å². The topological polar surface area (TPSA) is 114 Å². The number of hydrogen-bond acceptors (Lipinski definition) is 5. The first-order valence-corrected chi connectivity index (χ1v) is 7.30. The second-order valence-electron chi connectivity index (χ2n) is 5.55. The van der Waals surface area contributed by atoms with E-state index in [0.717, 1.165) is 4.90 Å². The number of pyridine rings is 1. The van der Waals surface area contributed by atoms with Crippen molar-refractivity contribution in [1.82, 2.24) is 4.98 Å². The Labute approximate surface area is 137 Å². The first kappa shape index (κ1) is 15.8. The highest BCUT2D eigenvalue weighted by molar-refractivity contribution is 6.12. The summed E-state index contributed by atoms with van der Waals surface area (Å²) in [7, 11) is 0. The van der Waals surface area contributed by atoms with E-state index in [1.807, 2.05) is 0 Å². The number of hydrogen-bond donors (Lipinski definition) is 2. The van der Waals surface area contributed by atoms with Crippen molar-refractivity contribution in [3.8, 4) is 0 Å². The van der Waals surface area contributed by atoms with E-state index in [1.165, 1.54) is 12.3 Å². The van der Waals surface area contributed by atoms with Gasteiger partial charge in [0.15, 0.2) is 11.4 Å². The maximum absolute atomic E-state index is 12.7. The predicted octanol–water partition coefficient (Wildman–Crippen LogP) is 0.374. The van der Waals surface area contributed by atoms with E-state index >= 15 is 0 Å². The molecule has 3 rings (SSSR count). The van der Waals surface area contributed by atoms with Crippen LogP contribution in [0.2, 0.25) is 0 Å². The number of fused-ring (bicyclic) bond motifs is 1. The molecule has 7 heteroatoms. The molecule has 1 aliphatic heterocycles. The van der Waals surface area contributed by atoms with Crippen LogP contribution in [0.3, 0.4) is 0 Å². The first-order chi connectivity index (χ1) is 11.4. The molecule has 2 aromatic rings. The molecule has 1 aliphatic rings. The molecule has 2 heterocycles. The van der Waals surface area contributed by atoms with Crippen LogP contribution in [-0.2, 0) is 15.2 Å².